The number of hydrogen-bond acceptors (Lipinski definition) is 3. The fourth-order valence-electron chi connectivity index (χ4n) is 3.01. The molecule has 2 N–H and O–H groups in total. The Labute approximate surface area is 143 Å². The average molecular weight is 327 g/mol. The molecule has 1 heterocycles. The second-order valence-corrected chi connectivity index (χ2v) is 6.16. The smallest absolute Gasteiger partial charge is 0.191 e. The van der Waals surface area contributed by atoms with E-state index in [2.05, 4.69) is 27.8 Å². The van der Waals surface area contributed by atoms with Crippen LogP contribution in [0.1, 0.15) is 24.2 Å². The van der Waals surface area contributed by atoms with Crippen molar-refractivity contribution in [3.63, 3.8) is 0 Å². The van der Waals surface area contributed by atoms with Gasteiger partial charge in [-0.1, -0.05) is 18.2 Å². The lowest BCUT2D eigenvalue weighted by molar-refractivity contribution is 0.403. The highest BCUT2D eigenvalue weighted by Crippen LogP contribution is 2.50. The fourth-order valence-corrected chi connectivity index (χ4v) is 3.01. The Morgan fingerprint density at radius 1 is 1.21 bits per heavy atom. The van der Waals surface area contributed by atoms with Crippen molar-refractivity contribution in [2.45, 2.75) is 24.7 Å². The molecule has 0 saturated heterocycles. The van der Waals surface area contributed by atoms with Gasteiger partial charge in [-0.25, -0.2) is 0 Å². The molecule has 128 valence electrons. The highest BCUT2D eigenvalue weighted by Gasteiger charge is 2.45. The highest BCUT2D eigenvalue weighted by atomic mass is 16.5. The number of para-hydroxylation sites is 1. The standard InChI is InChI=1S/C19H25N3O2/c1-20-18(21-12-9-15-6-5-13-24-15)22-14-19(10-11-19)16-7-3-4-8-17(16)23-2/h3-8,13H,9-12,14H2,1-2H3,(H2,20,21,22). The van der Waals surface area contributed by atoms with Crippen molar-refractivity contribution in [3.05, 3.63) is 54.0 Å². The summed E-state index contributed by atoms with van der Waals surface area (Å²) in [6, 6.07) is 12.2. The molecule has 1 saturated carbocycles. The molecule has 0 atom stereocenters. The van der Waals surface area contributed by atoms with E-state index in [1.54, 1.807) is 20.4 Å². The number of guanidine groups is 1. The molecular formula is C19H25N3O2. The van der Waals surface area contributed by atoms with E-state index in [1.807, 2.05) is 24.3 Å². The maximum Gasteiger partial charge on any atom is 0.191 e. The number of methoxy groups -OCH3 is 1. The SMILES string of the molecule is CN=C(NCCc1ccco1)NCC1(c2ccccc2OC)CC1. The number of aliphatic imine (C=N–C) groups is 1. The fraction of sp³-hybridized carbons (Fsp3) is 0.421. The Bertz CT molecular complexity index is 676. The summed E-state index contributed by atoms with van der Waals surface area (Å²) in [5.74, 6) is 2.77. The summed E-state index contributed by atoms with van der Waals surface area (Å²) >= 11 is 0. The minimum Gasteiger partial charge on any atom is -0.496 e. The van der Waals surface area contributed by atoms with E-state index in [0.717, 1.165) is 37.0 Å². The highest BCUT2D eigenvalue weighted by molar-refractivity contribution is 5.79. The summed E-state index contributed by atoms with van der Waals surface area (Å²) in [4.78, 5) is 4.31. The molecule has 0 bridgehead atoms. The largest absolute Gasteiger partial charge is 0.496 e. The van der Waals surface area contributed by atoms with Gasteiger partial charge >= 0.3 is 0 Å². The van der Waals surface area contributed by atoms with Gasteiger partial charge in [0.05, 0.1) is 13.4 Å². The zero-order valence-electron chi connectivity index (χ0n) is 14.3. The molecule has 2 aromatic rings. The normalized spacial score (nSPS) is 15.8. The van der Waals surface area contributed by atoms with Gasteiger partial charge in [0.25, 0.3) is 0 Å². The van der Waals surface area contributed by atoms with Gasteiger partial charge in [0.1, 0.15) is 11.5 Å². The molecule has 0 amide bonds. The van der Waals surface area contributed by atoms with E-state index in [1.165, 1.54) is 18.4 Å². The minimum absolute atomic E-state index is 0.158. The second-order valence-electron chi connectivity index (χ2n) is 6.16. The van der Waals surface area contributed by atoms with Crippen LogP contribution in [0.25, 0.3) is 0 Å². The first-order valence-corrected chi connectivity index (χ1v) is 8.38. The van der Waals surface area contributed by atoms with Gasteiger partial charge in [0, 0.05) is 37.5 Å². The van der Waals surface area contributed by atoms with Crippen LogP contribution in [0.4, 0.5) is 0 Å². The van der Waals surface area contributed by atoms with Crippen LogP contribution >= 0.6 is 0 Å². The van der Waals surface area contributed by atoms with Crippen molar-refractivity contribution in [2.75, 3.05) is 27.2 Å². The summed E-state index contributed by atoms with van der Waals surface area (Å²) < 4.78 is 10.9. The average Bonchev–Trinajstić information content (AvgIpc) is 3.24. The molecule has 1 aromatic carbocycles. The van der Waals surface area contributed by atoms with E-state index in [4.69, 9.17) is 9.15 Å². The van der Waals surface area contributed by atoms with Gasteiger partial charge in [-0.2, -0.15) is 0 Å². The zero-order valence-corrected chi connectivity index (χ0v) is 14.3. The number of benzene rings is 1. The topological polar surface area (TPSA) is 58.8 Å². The summed E-state index contributed by atoms with van der Waals surface area (Å²) in [6.07, 6.45) is 4.88. The predicted molar refractivity (Wildman–Crippen MR) is 95.7 cm³/mol. The number of nitrogens with zero attached hydrogens (tertiary/aromatic N) is 1. The summed E-state index contributed by atoms with van der Waals surface area (Å²) in [7, 11) is 3.53. The first-order chi connectivity index (χ1) is 11.8. The van der Waals surface area contributed by atoms with E-state index < -0.39 is 0 Å². The van der Waals surface area contributed by atoms with E-state index >= 15 is 0 Å². The van der Waals surface area contributed by atoms with Crippen molar-refractivity contribution in [2.24, 2.45) is 4.99 Å². The summed E-state index contributed by atoms with van der Waals surface area (Å²) in [5.41, 5.74) is 1.44. The monoisotopic (exact) mass is 327 g/mol. The van der Waals surface area contributed by atoms with Crippen molar-refractivity contribution in [3.8, 4) is 5.75 Å². The van der Waals surface area contributed by atoms with Gasteiger partial charge in [0.2, 0.25) is 0 Å². The Kier molecular flexibility index (Phi) is 5.08. The molecule has 0 radical (unpaired) electrons. The van der Waals surface area contributed by atoms with Gasteiger partial charge in [-0.3, -0.25) is 4.99 Å². The maximum atomic E-state index is 5.53. The number of hydrogen-bond donors (Lipinski definition) is 2. The van der Waals surface area contributed by atoms with E-state index in [0.29, 0.717) is 0 Å². The summed E-state index contributed by atoms with van der Waals surface area (Å²) in [6.45, 7) is 1.64. The van der Waals surface area contributed by atoms with E-state index in [9.17, 15) is 0 Å². The quantitative estimate of drug-likeness (QED) is 0.606. The molecule has 5 heteroatoms. The molecular weight excluding hydrogens is 302 g/mol. The van der Waals surface area contributed by atoms with Gasteiger partial charge in [0.15, 0.2) is 5.96 Å². The number of nitrogens with one attached hydrogen (secondary N) is 2. The second kappa shape index (κ2) is 7.43. The molecule has 0 aliphatic heterocycles. The maximum absolute atomic E-state index is 5.53. The van der Waals surface area contributed by atoms with Crippen LogP contribution < -0.4 is 15.4 Å². The van der Waals surface area contributed by atoms with Crippen LogP contribution in [0.2, 0.25) is 0 Å². The molecule has 1 aliphatic carbocycles. The first-order valence-electron chi connectivity index (χ1n) is 8.38. The Morgan fingerprint density at radius 3 is 2.71 bits per heavy atom. The third-order valence-electron chi connectivity index (χ3n) is 4.59. The molecule has 1 fully saturated rings. The number of ether oxygens (including phenoxy) is 1. The van der Waals surface area contributed by atoms with Crippen molar-refractivity contribution in [1.29, 1.82) is 0 Å². The van der Waals surface area contributed by atoms with Crippen LogP contribution in [0, 0.1) is 0 Å². The van der Waals surface area contributed by atoms with Gasteiger partial charge in [-0.15, -0.1) is 0 Å². The third kappa shape index (κ3) is 3.72. The Morgan fingerprint density at radius 2 is 2.04 bits per heavy atom. The lowest BCUT2D eigenvalue weighted by atomic mass is 9.95. The first kappa shape index (κ1) is 16.4. The van der Waals surface area contributed by atoms with Crippen molar-refractivity contribution < 1.29 is 9.15 Å². The van der Waals surface area contributed by atoms with Crippen LogP contribution in [0.15, 0.2) is 52.1 Å². The molecule has 5 nitrogen and oxygen atoms in total. The third-order valence-corrected chi connectivity index (χ3v) is 4.59. The van der Waals surface area contributed by atoms with Crippen LogP contribution in [0.3, 0.4) is 0 Å². The number of rotatable bonds is 7. The summed E-state index contributed by atoms with van der Waals surface area (Å²) in [5, 5.41) is 6.79. The van der Waals surface area contributed by atoms with Crippen LogP contribution in [0.5, 0.6) is 5.75 Å². The minimum atomic E-state index is 0.158. The predicted octanol–water partition coefficient (Wildman–Crippen LogP) is 2.73. The zero-order chi connectivity index (χ0) is 16.8. The van der Waals surface area contributed by atoms with Crippen LogP contribution in [-0.4, -0.2) is 33.2 Å². The molecule has 3 rings (SSSR count). The Balaban J connectivity index is 1.53. The lowest BCUT2D eigenvalue weighted by Gasteiger charge is -2.21. The van der Waals surface area contributed by atoms with Gasteiger partial charge < -0.3 is 19.8 Å². The van der Waals surface area contributed by atoms with Crippen LogP contribution in [-0.2, 0) is 11.8 Å². The van der Waals surface area contributed by atoms with Crippen molar-refractivity contribution >= 4 is 5.96 Å². The molecule has 0 spiro atoms. The number of furan rings is 1. The molecule has 1 aromatic heterocycles. The molecule has 1 aliphatic rings. The Hall–Kier alpha value is -2.43. The van der Waals surface area contributed by atoms with Gasteiger partial charge in [-0.05, 0) is 31.0 Å². The van der Waals surface area contributed by atoms with Crippen molar-refractivity contribution in [1.82, 2.24) is 10.6 Å². The molecule has 24 heavy (non-hydrogen) atoms. The van der Waals surface area contributed by atoms with E-state index in [-0.39, 0.29) is 5.41 Å². The lowest BCUT2D eigenvalue weighted by Crippen LogP contribution is -2.42. The molecule has 0 unspecified atom stereocenters.